The van der Waals surface area contributed by atoms with Gasteiger partial charge in [-0.1, -0.05) is 0 Å². The lowest BCUT2D eigenvalue weighted by atomic mass is 9.94. The molecule has 18 nitrogen and oxygen atoms in total. The molecule has 18 heteroatoms. The number of amides is 1. The summed E-state index contributed by atoms with van der Waals surface area (Å²) in [5.74, 6) is -6.06. The van der Waals surface area contributed by atoms with E-state index in [2.05, 4.69) is 5.32 Å². The molecule has 0 radical (unpaired) electrons. The Morgan fingerprint density at radius 1 is 0.578 bits per heavy atom. The van der Waals surface area contributed by atoms with Crippen LogP contribution in [0.25, 0.3) is 0 Å². The van der Waals surface area contributed by atoms with E-state index >= 15 is 0 Å². The second-order valence-electron chi connectivity index (χ2n) is 9.93. The highest BCUT2D eigenvalue weighted by atomic mass is 16.8. The fraction of sp³-hybridized carbons (Fsp3) is 0.741. The second-order valence-corrected chi connectivity index (χ2v) is 9.93. The minimum atomic E-state index is -3.11. The van der Waals surface area contributed by atoms with Crippen molar-refractivity contribution in [3.8, 4) is 0 Å². The van der Waals surface area contributed by atoms with Crippen LogP contribution in [0.1, 0.15) is 52.6 Å². The highest BCUT2D eigenvalue weighted by Crippen LogP contribution is 2.34. The molecule has 2 heterocycles. The van der Waals surface area contributed by atoms with Crippen molar-refractivity contribution in [2.45, 2.75) is 110 Å². The molecule has 0 bridgehead atoms. The zero-order valence-electron chi connectivity index (χ0n) is 28.6. The van der Waals surface area contributed by atoms with Crippen LogP contribution in [0.2, 0.25) is 0 Å². The van der Waals surface area contributed by atoms with Gasteiger partial charge in [0.15, 0.2) is 37.0 Å². The summed E-state index contributed by atoms with van der Waals surface area (Å²) in [6.07, 6.45) is -15.0. The molecular weight excluding hydrogens is 610 g/mol. The second kappa shape index (κ2) is 17.0. The van der Waals surface area contributed by atoms with Crippen molar-refractivity contribution in [2.75, 3.05) is 20.3 Å². The highest BCUT2D eigenvalue weighted by molar-refractivity contribution is 5.73. The first kappa shape index (κ1) is 32.5. The molecule has 2 aliphatic heterocycles. The van der Waals surface area contributed by atoms with Gasteiger partial charge in [-0.15, -0.1) is 0 Å². The van der Waals surface area contributed by atoms with Gasteiger partial charge in [0.2, 0.25) is 5.91 Å². The van der Waals surface area contributed by atoms with Gasteiger partial charge in [0.1, 0.15) is 37.6 Å². The Kier molecular flexibility index (Phi) is 12.3. The van der Waals surface area contributed by atoms with Crippen molar-refractivity contribution in [3.63, 3.8) is 0 Å². The molecule has 2 fully saturated rings. The number of methoxy groups -OCH3 is 1. The minimum Gasteiger partial charge on any atom is -0.463 e. The summed E-state index contributed by atoms with van der Waals surface area (Å²) in [5.41, 5.74) is 0. The third-order valence-corrected chi connectivity index (χ3v) is 6.12. The first-order valence-corrected chi connectivity index (χ1v) is 13.5. The van der Waals surface area contributed by atoms with Crippen LogP contribution in [-0.4, -0.2) is 123 Å². The zero-order valence-corrected chi connectivity index (χ0v) is 25.6. The first-order valence-electron chi connectivity index (χ1n) is 15.0. The largest absolute Gasteiger partial charge is 0.463 e. The van der Waals surface area contributed by atoms with Gasteiger partial charge in [0, 0.05) is 55.5 Å². The summed E-state index contributed by atoms with van der Waals surface area (Å²) < 4.78 is 77.5. The van der Waals surface area contributed by atoms with Crippen LogP contribution in [0.4, 0.5) is 0 Å². The van der Waals surface area contributed by atoms with Crippen LogP contribution < -0.4 is 5.32 Å². The molecule has 2 rings (SSSR count). The molecule has 0 spiro atoms. The van der Waals surface area contributed by atoms with Gasteiger partial charge in [-0.25, -0.2) is 0 Å². The van der Waals surface area contributed by atoms with Gasteiger partial charge >= 0.3 is 35.8 Å². The Labute approximate surface area is 262 Å². The number of esters is 6. The number of nitrogens with one attached hydrogen (secondary N) is 1. The van der Waals surface area contributed by atoms with Gasteiger partial charge in [-0.3, -0.25) is 33.6 Å². The third kappa shape index (κ3) is 11.2. The number of carbonyl (C=O) groups excluding carboxylic acids is 7. The lowest BCUT2D eigenvalue weighted by Crippen LogP contribution is -2.69. The summed E-state index contributed by atoms with van der Waals surface area (Å²) in [4.78, 5) is 84.6. The lowest BCUT2D eigenvalue weighted by molar-refractivity contribution is -0.349. The smallest absolute Gasteiger partial charge is 0.303 e. The lowest BCUT2D eigenvalue weighted by Gasteiger charge is -2.49. The molecule has 254 valence electrons. The molecule has 1 N–H and O–H groups in total. The average molecular weight is 653 g/mol. The maximum atomic E-state index is 12.4. The van der Waals surface area contributed by atoms with Crippen molar-refractivity contribution in [1.82, 2.24) is 5.32 Å². The van der Waals surface area contributed by atoms with Gasteiger partial charge in [-0.05, 0) is 0 Å². The van der Waals surface area contributed by atoms with Crippen molar-refractivity contribution >= 4 is 41.7 Å². The van der Waals surface area contributed by atoms with E-state index in [1.807, 2.05) is 0 Å². The standard InChI is InChI=1S/C27H39NO17/c1-11(29)28-20-23(40-15(5)33)21(18(9-37-12(2)30)43-26(20)36-8)45-27-25(42-17(7)35)24(41-16(6)34)22(39-14(4)32)19(44-27)10-38-13(3)31/h18-27H,9-10H2,1-8H3,(H,28,29)/t18-,19-,20-,21-,22-,23-,24+,25+,26-,27+/m1/s1/i8D3. The van der Waals surface area contributed by atoms with E-state index < -0.39 is 123 Å². The van der Waals surface area contributed by atoms with Crippen LogP contribution in [0.15, 0.2) is 0 Å². The third-order valence-electron chi connectivity index (χ3n) is 6.12. The Bertz CT molecular complexity index is 1210. The van der Waals surface area contributed by atoms with E-state index in [9.17, 15) is 33.6 Å². The first-order chi connectivity index (χ1) is 22.2. The van der Waals surface area contributed by atoms with Gasteiger partial charge < -0.3 is 52.7 Å². The van der Waals surface area contributed by atoms with Gasteiger partial charge in [-0.2, -0.15) is 0 Å². The Morgan fingerprint density at radius 2 is 1.02 bits per heavy atom. The van der Waals surface area contributed by atoms with Crippen molar-refractivity contribution in [2.24, 2.45) is 0 Å². The fourth-order valence-corrected chi connectivity index (χ4v) is 4.67. The number of carbonyl (C=O) groups is 7. The quantitative estimate of drug-likeness (QED) is 0.193. The van der Waals surface area contributed by atoms with Crippen LogP contribution in [-0.2, 0) is 80.9 Å². The topological polar surface area (TPSA) is 224 Å². The molecule has 0 aliphatic carbocycles. The van der Waals surface area contributed by atoms with E-state index in [-0.39, 0.29) is 0 Å². The van der Waals surface area contributed by atoms with Gasteiger partial charge in [0.05, 0.1) is 4.11 Å². The minimum absolute atomic E-state index is 0.605. The molecule has 2 aliphatic rings. The van der Waals surface area contributed by atoms with E-state index in [0.717, 1.165) is 48.5 Å². The van der Waals surface area contributed by atoms with Crippen LogP contribution in [0.3, 0.4) is 0 Å². The highest BCUT2D eigenvalue weighted by Gasteiger charge is 2.57. The molecule has 0 unspecified atom stereocenters. The average Bonchev–Trinajstić information content (AvgIpc) is 2.90. The molecule has 1 amide bonds. The van der Waals surface area contributed by atoms with Crippen molar-refractivity contribution in [1.29, 1.82) is 0 Å². The molecule has 10 atom stereocenters. The number of rotatable bonds is 12. The zero-order chi connectivity index (χ0) is 36.5. The predicted molar refractivity (Wildman–Crippen MR) is 142 cm³/mol. The normalized spacial score (nSPS) is 32.3. The predicted octanol–water partition coefficient (Wildman–Crippen LogP) is -1.17. The number of hydrogen-bond acceptors (Lipinski definition) is 17. The monoisotopic (exact) mass is 652 g/mol. The van der Waals surface area contributed by atoms with Crippen LogP contribution >= 0.6 is 0 Å². The van der Waals surface area contributed by atoms with Crippen LogP contribution in [0, 0.1) is 0 Å². The van der Waals surface area contributed by atoms with Crippen LogP contribution in [0.5, 0.6) is 0 Å². The van der Waals surface area contributed by atoms with Crippen molar-refractivity contribution in [3.05, 3.63) is 0 Å². The Balaban J connectivity index is 2.75. The molecule has 0 aromatic carbocycles. The van der Waals surface area contributed by atoms with E-state index in [1.165, 1.54) is 0 Å². The summed E-state index contributed by atoms with van der Waals surface area (Å²) in [7, 11) is -3.11. The summed E-state index contributed by atoms with van der Waals surface area (Å²) in [6, 6.07) is -1.59. The van der Waals surface area contributed by atoms with E-state index in [0.29, 0.717) is 0 Å². The number of hydrogen-bond donors (Lipinski definition) is 1. The molecule has 0 aromatic rings. The van der Waals surface area contributed by atoms with E-state index in [1.54, 1.807) is 0 Å². The molecule has 0 saturated carbocycles. The Hall–Kier alpha value is -3.87. The molecular formula is C27H39NO17. The van der Waals surface area contributed by atoms with E-state index in [4.69, 9.17) is 51.5 Å². The molecule has 2 saturated heterocycles. The maximum Gasteiger partial charge on any atom is 0.303 e. The molecule has 0 aromatic heterocycles. The number of ether oxygens (including phenoxy) is 10. The fourth-order valence-electron chi connectivity index (χ4n) is 4.67. The summed E-state index contributed by atoms with van der Waals surface area (Å²) >= 11 is 0. The Morgan fingerprint density at radius 3 is 1.49 bits per heavy atom. The molecule has 45 heavy (non-hydrogen) atoms. The maximum absolute atomic E-state index is 12.4. The SMILES string of the molecule is [2H]C([2H])([2H])O[C@@H]1O[C@H](COC(C)=O)[C@@H](O[C@@H]2O[C@H](COC(C)=O)[C@@H](OC(C)=O)[C@H](OC(C)=O)[C@@H]2OC(C)=O)[C@H](OC(C)=O)[C@H]1NC(C)=O. The van der Waals surface area contributed by atoms with Crippen molar-refractivity contribution < 1.29 is 85.0 Å². The summed E-state index contributed by atoms with van der Waals surface area (Å²) in [5, 5.41) is 2.40. The summed E-state index contributed by atoms with van der Waals surface area (Å²) in [6.45, 7) is 5.94. The van der Waals surface area contributed by atoms with Gasteiger partial charge in [0.25, 0.3) is 0 Å².